The zero-order valence-corrected chi connectivity index (χ0v) is 14.0. The summed E-state index contributed by atoms with van der Waals surface area (Å²) in [4.78, 5) is 23.8. The molecule has 0 saturated heterocycles. The Morgan fingerprint density at radius 1 is 1.13 bits per heavy atom. The summed E-state index contributed by atoms with van der Waals surface area (Å²) in [6.45, 7) is 2.46. The van der Waals surface area contributed by atoms with Crippen LogP contribution in [0.1, 0.15) is 5.56 Å². The number of hydrogen-bond acceptors (Lipinski definition) is 4. The third-order valence-corrected chi connectivity index (χ3v) is 3.99. The van der Waals surface area contributed by atoms with Gasteiger partial charge in [-0.2, -0.15) is 0 Å². The minimum absolute atomic E-state index is 0.290. The number of halogens is 1. The van der Waals surface area contributed by atoms with E-state index in [-0.39, 0.29) is 13.2 Å². The number of nitrogens with zero attached hydrogens (tertiary/aromatic N) is 1. The first-order chi connectivity index (χ1) is 11.0. The second-order valence-electron chi connectivity index (χ2n) is 5.13. The molecule has 118 valence electrons. The van der Waals surface area contributed by atoms with Crippen LogP contribution in [0.25, 0.3) is 10.9 Å². The Morgan fingerprint density at radius 2 is 1.87 bits per heavy atom. The van der Waals surface area contributed by atoms with Gasteiger partial charge < -0.3 is 9.15 Å². The Hall–Kier alpha value is -2.34. The van der Waals surface area contributed by atoms with Gasteiger partial charge in [0.2, 0.25) is 0 Å². The molecule has 2 aromatic carbocycles. The first-order valence-corrected chi connectivity index (χ1v) is 7.86. The summed E-state index contributed by atoms with van der Waals surface area (Å²) in [6, 6.07) is 12.7. The second-order valence-corrected chi connectivity index (χ2v) is 6.05. The maximum atomic E-state index is 12.0. The lowest BCUT2D eigenvalue weighted by molar-refractivity contribution is 0.287. The van der Waals surface area contributed by atoms with Gasteiger partial charge in [-0.25, -0.2) is 9.59 Å². The summed E-state index contributed by atoms with van der Waals surface area (Å²) in [7, 11) is 0. The number of rotatable bonds is 4. The monoisotopic (exact) mass is 375 g/mol. The topological polar surface area (TPSA) is 61.4 Å². The molecule has 0 bridgehead atoms. The number of fused-ring (bicyclic) bond motifs is 1. The zero-order valence-electron chi connectivity index (χ0n) is 12.4. The van der Waals surface area contributed by atoms with E-state index >= 15 is 0 Å². The van der Waals surface area contributed by atoms with Gasteiger partial charge in [0.1, 0.15) is 12.4 Å². The first kappa shape index (κ1) is 15.6. The Kier molecular flexibility index (Phi) is 4.34. The molecule has 0 spiro atoms. The molecule has 0 saturated carbocycles. The van der Waals surface area contributed by atoms with Crippen molar-refractivity contribution in [2.75, 3.05) is 6.61 Å². The lowest BCUT2D eigenvalue weighted by Crippen LogP contribution is -2.27. The van der Waals surface area contributed by atoms with Crippen molar-refractivity contribution >= 4 is 26.8 Å². The lowest BCUT2D eigenvalue weighted by atomic mass is 10.2. The standard InChI is InChI=1S/C17H14BrNO4/c1-11-2-7-15-14(10-11)16(20)23-17(21)19(15)8-9-22-13-5-3-12(18)4-6-13/h2-7,10H,8-9H2,1H3. The summed E-state index contributed by atoms with van der Waals surface area (Å²) in [5.41, 5.74) is 0.871. The molecule has 0 N–H and O–H groups in total. The molecule has 0 unspecified atom stereocenters. The quantitative estimate of drug-likeness (QED) is 0.702. The van der Waals surface area contributed by atoms with Crippen LogP contribution in [-0.2, 0) is 6.54 Å². The van der Waals surface area contributed by atoms with E-state index in [1.54, 1.807) is 12.1 Å². The molecule has 0 aliphatic rings. The highest BCUT2D eigenvalue weighted by Gasteiger charge is 2.09. The van der Waals surface area contributed by atoms with Crippen LogP contribution in [0.3, 0.4) is 0 Å². The van der Waals surface area contributed by atoms with Crippen LogP contribution < -0.4 is 16.1 Å². The van der Waals surface area contributed by atoms with Crippen molar-refractivity contribution in [3.8, 4) is 5.75 Å². The van der Waals surface area contributed by atoms with Crippen molar-refractivity contribution in [1.29, 1.82) is 0 Å². The van der Waals surface area contributed by atoms with Gasteiger partial charge in [0.25, 0.3) is 0 Å². The van der Waals surface area contributed by atoms with E-state index in [1.807, 2.05) is 37.3 Å². The van der Waals surface area contributed by atoms with E-state index in [4.69, 9.17) is 9.15 Å². The Morgan fingerprint density at radius 3 is 2.61 bits per heavy atom. The third-order valence-electron chi connectivity index (χ3n) is 3.46. The molecule has 23 heavy (non-hydrogen) atoms. The molecule has 6 heteroatoms. The molecule has 0 aliphatic carbocycles. The van der Waals surface area contributed by atoms with Crippen LogP contribution in [0.2, 0.25) is 0 Å². The highest BCUT2D eigenvalue weighted by molar-refractivity contribution is 9.10. The molecule has 0 aliphatic heterocycles. The third kappa shape index (κ3) is 3.37. The summed E-state index contributed by atoms with van der Waals surface area (Å²) in [5, 5.41) is 0.397. The van der Waals surface area contributed by atoms with Gasteiger partial charge in [0, 0.05) is 4.47 Å². The van der Waals surface area contributed by atoms with E-state index in [1.165, 1.54) is 4.57 Å². The Balaban J connectivity index is 1.86. The maximum absolute atomic E-state index is 12.0. The van der Waals surface area contributed by atoms with Crippen molar-refractivity contribution in [3.63, 3.8) is 0 Å². The van der Waals surface area contributed by atoms with Gasteiger partial charge in [-0.1, -0.05) is 27.6 Å². The van der Waals surface area contributed by atoms with E-state index < -0.39 is 11.4 Å². The van der Waals surface area contributed by atoms with E-state index in [0.717, 1.165) is 10.0 Å². The van der Waals surface area contributed by atoms with Gasteiger partial charge >= 0.3 is 11.4 Å². The van der Waals surface area contributed by atoms with E-state index in [9.17, 15) is 9.59 Å². The van der Waals surface area contributed by atoms with Crippen LogP contribution in [0.4, 0.5) is 0 Å². The average molecular weight is 376 g/mol. The fourth-order valence-electron chi connectivity index (χ4n) is 2.33. The molecule has 0 atom stereocenters. The van der Waals surface area contributed by atoms with Gasteiger partial charge in [-0.3, -0.25) is 4.57 Å². The predicted molar refractivity (Wildman–Crippen MR) is 91.1 cm³/mol. The summed E-state index contributed by atoms with van der Waals surface area (Å²) in [6.07, 6.45) is 0. The molecule has 1 heterocycles. The Bertz CT molecular complexity index is 957. The number of hydrogen-bond donors (Lipinski definition) is 0. The molecule has 3 aromatic rings. The van der Waals surface area contributed by atoms with Crippen molar-refractivity contribution in [2.24, 2.45) is 0 Å². The van der Waals surface area contributed by atoms with E-state index in [0.29, 0.717) is 16.7 Å². The average Bonchev–Trinajstić information content (AvgIpc) is 2.52. The minimum atomic E-state index is -0.675. The fourth-order valence-corrected chi connectivity index (χ4v) is 2.60. The SMILES string of the molecule is Cc1ccc2c(c1)c(=O)oc(=O)n2CCOc1ccc(Br)cc1. The molecule has 0 fully saturated rings. The van der Waals surface area contributed by atoms with Crippen molar-refractivity contribution in [2.45, 2.75) is 13.5 Å². The molecule has 3 rings (SSSR count). The maximum Gasteiger partial charge on any atom is 0.422 e. The van der Waals surface area contributed by atoms with Gasteiger partial charge in [-0.15, -0.1) is 0 Å². The fraction of sp³-hybridized carbons (Fsp3) is 0.176. The normalized spacial score (nSPS) is 10.9. The molecule has 0 radical (unpaired) electrons. The van der Waals surface area contributed by atoms with Gasteiger partial charge in [-0.05, 0) is 43.3 Å². The number of aryl methyl sites for hydroxylation is 1. The molecule has 1 aromatic heterocycles. The largest absolute Gasteiger partial charge is 0.492 e. The summed E-state index contributed by atoms with van der Waals surface area (Å²) < 4.78 is 12.8. The molecular formula is C17H14BrNO4. The second kappa shape index (κ2) is 6.42. The van der Waals surface area contributed by atoms with Crippen LogP contribution in [0.5, 0.6) is 5.75 Å². The highest BCUT2D eigenvalue weighted by atomic mass is 79.9. The van der Waals surface area contributed by atoms with Crippen LogP contribution in [0, 0.1) is 6.92 Å². The minimum Gasteiger partial charge on any atom is -0.492 e. The van der Waals surface area contributed by atoms with Crippen molar-refractivity contribution in [1.82, 2.24) is 4.57 Å². The summed E-state index contributed by atoms with van der Waals surface area (Å²) >= 11 is 3.36. The predicted octanol–water partition coefficient (Wildman–Crippen LogP) is 3.10. The molecular weight excluding hydrogens is 362 g/mol. The highest BCUT2D eigenvalue weighted by Crippen LogP contribution is 2.16. The van der Waals surface area contributed by atoms with E-state index in [2.05, 4.69) is 15.9 Å². The van der Waals surface area contributed by atoms with Gasteiger partial charge in [0.15, 0.2) is 0 Å². The first-order valence-electron chi connectivity index (χ1n) is 7.07. The summed E-state index contributed by atoms with van der Waals surface area (Å²) in [5.74, 6) is 0.0320. The van der Waals surface area contributed by atoms with Crippen LogP contribution in [0.15, 0.2) is 60.9 Å². The number of aromatic nitrogens is 1. The van der Waals surface area contributed by atoms with Crippen molar-refractivity contribution < 1.29 is 9.15 Å². The Labute approximate surface area is 140 Å². The number of ether oxygens (including phenoxy) is 1. The smallest absolute Gasteiger partial charge is 0.422 e. The van der Waals surface area contributed by atoms with Crippen LogP contribution in [-0.4, -0.2) is 11.2 Å². The van der Waals surface area contributed by atoms with Gasteiger partial charge in [0.05, 0.1) is 17.4 Å². The lowest BCUT2D eigenvalue weighted by Gasteiger charge is -2.10. The van der Waals surface area contributed by atoms with Crippen molar-refractivity contribution in [3.05, 3.63) is 73.5 Å². The molecule has 5 nitrogen and oxygen atoms in total. The number of benzene rings is 2. The zero-order chi connectivity index (χ0) is 16.4. The molecule has 0 amide bonds. The van der Waals surface area contributed by atoms with Crippen LogP contribution >= 0.6 is 15.9 Å².